The van der Waals surface area contributed by atoms with Crippen LogP contribution in [0.3, 0.4) is 0 Å². The lowest BCUT2D eigenvalue weighted by molar-refractivity contribution is -0.145. The summed E-state index contributed by atoms with van der Waals surface area (Å²) in [5, 5.41) is 5.40. The molecule has 0 aliphatic heterocycles. The number of rotatable bonds is 11. The molecule has 0 aliphatic rings. The normalized spacial score (nSPS) is 12.1. The van der Waals surface area contributed by atoms with Crippen LogP contribution in [-0.2, 0) is 38.5 Å². The van der Waals surface area contributed by atoms with Gasteiger partial charge in [-0.15, -0.1) is 0 Å². The van der Waals surface area contributed by atoms with E-state index in [9.17, 15) is 14.4 Å². The summed E-state index contributed by atoms with van der Waals surface area (Å²) in [5.74, 6) is -1.03. The second-order valence-corrected chi connectivity index (χ2v) is 8.06. The molecule has 182 valence electrons. The molecule has 2 N–H and O–H groups in total. The van der Waals surface area contributed by atoms with Gasteiger partial charge in [-0.25, -0.2) is 9.59 Å². The number of alkyl carbamates (subject to hydrolysis) is 1. The van der Waals surface area contributed by atoms with Crippen LogP contribution in [0.4, 0.5) is 4.79 Å². The van der Waals surface area contributed by atoms with Crippen molar-refractivity contribution in [2.75, 3.05) is 7.11 Å². The van der Waals surface area contributed by atoms with Crippen LogP contribution < -0.4 is 10.6 Å². The van der Waals surface area contributed by atoms with Crippen molar-refractivity contribution in [3.8, 4) is 0 Å². The number of nitrogens with one attached hydrogen (secondary N) is 2. The Bertz CT molecular complexity index is 1070. The molecule has 0 bridgehead atoms. The standard InChI is InChI=1S/C28H30N2O5/c1-34-27(32)24(18-17-21-11-5-2-6-12-21)29-26(31)25(19-22-13-7-3-8-14-22)30-28(33)35-20-23-15-9-4-10-16-23/h2-16,24-25H,17-20H2,1H3,(H,29,31)(H,30,33)/t24-,25+/m0/s1. The lowest BCUT2D eigenvalue weighted by atomic mass is 10.0. The van der Waals surface area contributed by atoms with E-state index in [1.54, 1.807) is 0 Å². The third kappa shape index (κ3) is 8.62. The molecule has 0 spiro atoms. The zero-order valence-corrected chi connectivity index (χ0v) is 19.7. The van der Waals surface area contributed by atoms with Gasteiger partial charge in [-0.05, 0) is 29.5 Å². The maximum atomic E-state index is 13.2. The van der Waals surface area contributed by atoms with Crippen LogP contribution in [0.5, 0.6) is 0 Å². The van der Waals surface area contributed by atoms with Crippen LogP contribution in [0.1, 0.15) is 23.1 Å². The van der Waals surface area contributed by atoms with E-state index in [4.69, 9.17) is 9.47 Å². The quantitative estimate of drug-likeness (QED) is 0.412. The number of esters is 1. The van der Waals surface area contributed by atoms with Gasteiger partial charge in [-0.2, -0.15) is 0 Å². The van der Waals surface area contributed by atoms with Crippen molar-refractivity contribution in [2.45, 2.75) is 38.0 Å². The molecule has 0 aromatic heterocycles. The minimum Gasteiger partial charge on any atom is -0.467 e. The van der Waals surface area contributed by atoms with Gasteiger partial charge in [0, 0.05) is 6.42 Å². The summed E-state index contributed by atoms with van der Waals surface area (Å²) >= 11 is 0. The first kappa shape index (κ1) is 25.5. The fraction of sp³-hybridized carbons (Fsp3) is 0.250. The molecular formula is C28H30N2O5. The highest BCUT2D eigenvalue weighted by molar-refractivity contribution is 5.89. The van der Waals surface area contributed by atoms with Gasteiger partial charge >= 0.3 is 12.1 Å². The Kier molecular flexibility index (Phi) is 9.87. The Morgan fingerprint density at radius 3 is 1.83 bits per heavy atom. The summed E-state index contributed by atoms with van der Waals surface area (Å²) in [4.78, 5) is 38.1. The molecule has 0 fully saturated rings. The summed E-state index contributed by atoms with van der Waals surface area (Å²) in [5.41, 5.74) is 2.73. The lowest BCUT2D eigenvalue weighted by Gasteiger charge is -2.22. The second-order valence-electron chi connectivity index (χ2n) is 8.06. The Labute approximate surface area is 205 Å². The summed E-state index contributed by atoms with van der Waals surface area (Å²) < 4.78 is 10.2. The van der Waals surface area contributed by atoms with Crippen molar-refractivity contribution in [1.82, 2.24) is 10.6 Å². The molecule has 0 heterocycles. The van der Waals surface area contributed by atoms with Gasteiger partial charge in [0.05, 0.1) is 7.11 Å². The van der Waals surface area contributed by atoms with E-state index in [0.717, 1.165) is 16.7 Å². The van der Waals surface area contributed by atoms with Crippen LogP contribution in [0, 0.1) is 0 Å². The Morgan fingerprint density at radius 1 is 0.714 bits per heavy atom. The van der Waals surface area contributed by atoms with Gasteiger partial charge in [0.2, 0.25) is 5.91 Å². The van der Waals surface area contributed by atoms with Crippen molar-refractivity contribution >= 4 is 18.0 Å². The van der Waals surface area contributed by atoms with Gasteiger partial charge in [0.1, 0.15) is 18.7 Å². The summed E-state index contributed by atoms with van der Waals surface area (Å²) in [6.45, 7) is 0.0776. The van der Waals surface area contributed by atoms with Crippen molar-refractivity contribution in [3.63, 3.8) is 0 Å². The zero-order chi connectivity index (χ0) is 24.9. The van der Waals surface area contributed by atoms with Crippen molar-refractivity contribution in [3.05, 3.63) is 108 Å². The van der Waals surface area contributed by atoms with Crippen LogP contribution in [-0.4, -0.2) is 37.2 Å². The number of ether oxygens (including phenoxy) is 2. The van der Waals surface area contributed by atoms with Gasteiger partial charge in [-0.3, -0.25) is 4.79 Å². The number of hydrogen-bond acceptors (Lipinski definition) is 5. The molecule has 0 aliphatic carbocycles. The first-order chi connectivity index (χ1) is 17.0. The van der Waals surface area contributed by atoms with E-state index >= 15 is 0 Å². The molecule has 0 saturated carbocycles. The van der Waals surface area contributed by atoms with E-state index in [2.05, 4.69) is 10.6 Å². The highest BCUT2D eigenvalue weighted by Crippen LogP contribution is 2.09. The predicted octanol–water partition coefficient (Wildman–Crippen LogP) is 3.81. The van der Waals surface area contributed by atoms with Crippen molar-refractivity contribution in [1.29, 1.82) is 0 Å². The fourth-order valence-electron chi connectivity index (χ4n) is 3.59. The number of carbonyl (C=O) groups excluding carboxylic acids is 3. The smallest absolute Gasteiger partial charge is 0.408 e. The van der Waals surface area contributed by atoms with Gasteiger partial charge in [-0.1, -0.05) is 91.0 Å². The molecular weight excluding hydrogens is 444 g/mol. The number of carbonyl (C=O) groups is 3. The highest BCUT2D eigenvalue weighted by Gasteiger charge is 2.28. The van der Waals surface area contributed by atoms with Crippen LogP contribution in [0.2, 0.25) is 0 Å². The average Bonchev–Trinajstić information content (AvgIpc) is 2.90. The summed E-state index contributed by atoms with van der Waals surface area (Å²) in [6.07, 6.45) is 0.457. The third-order valence-corrected chi connectivity index (χ3v) is 5.47. The maximum absolute atomic E-state index is 13.2. The largest absolute Gasteiger partial charge is 0.467 e. The molecule has 0 saturated heterocycles. The van der Waals surface area contributed by atoms with E-state index in [1.807, 2.05) is 91.0 Å². The zero-order valence-electron chi connectivity index (χ0n) is 19.7. The second kappa shape index (κ2) is 13.5. The minimum absolute atomic E-state index is 0.0776. The highest BCUT2D eigenvalue weighted by atomic mass is 16.5. The molecule has 7 nitrogen and oxygen atoms in total. The number of aryl methyl sites for hydroxylation is 1. The van der Waals surface area contributed by atoms with Crippen LogP contribution in [0.15, 0.2) is 91.0 Å². The molecule has 2 atom stereocenters. The van der Waals surface area contributed by atoms with Crippen molar-refractivity contribution in [2.24, 2.45) is 0 Å². The van der Waals surface area contributed by atoms with Gasteiger partial charge in [0.15, 0.2) is 0 Å². The molecule has 3 rings (SSSR count). The molecule has 35 heavy (non-hydrogen) atoms. The van der Waals surface area contributed by atoms with E-state index < -0.39 is 30.1 Å². The van der Waals surface area contributed by atoms with Crippen LogP contribution >= 0.6 is 0 Å². The molecule has 0 radical (unpaired) electrons. The molecule has 7 heteroatoms. The molecule has 0 unspecified atom stereocenters. The number of methoxy groups -OCH3 is 1. The Hall–Kier alpha value is -4.13. The van der Waals surface area contributed by atoms with E-state index in [0.29, 0.717) is 12.8 Å². The topological polar surface area (TPSA) is 93.7 Å². The van der Waals surface area contributed by atoms with Gasteiger partial charge in [0.25, 0.3) is 0 Å². The predicted molar refractivity (Wildman–Crippen MR) is 132 cm³/mol. The monoisotopic (exact) mass is 474 g/mol. The molecule has 3 aromatic carbocycles. The third-order valence-electron chi connectivity index (χ3n) is 5.47. The first-order valence-electron chi connectivity index (χ1n) is 11.5. The molecule has 3 aromatic rings. The van der Waals surface area contributed by atoms with Crippen molar-refractivity contribution < 1.29 is 23.9 Å². The summed E-state index contributed by atoms with van der Waals surface area (Å²) in [6, 6.07) is 26.5. The Balaban J connectivity index is 1.67. The first-order valence-corrected chi connectivity index (χ1v) is 11.5. The summed E-state index contributed by atoms with van der Waals surface area (Å²) in [7, 11) is 1.28. The number of amides is 2. The van der Waals surface area contributed by atoms with E-state index in [1.165, 1.54) is 7.11 Å². The average molecular weight is 475 g/mol. The van der Waals surface area contributed by atoms with Crippen LogP contribution in [0.25, 0.3) is 0 Å². The Morgan fingerprint density at radius 2 is 1.26 bits per heavy atom. The van der Waals surface area contributed by atoms with Gasteiger partial charge < -0.3 is 20.1 Å². The minimum atomic E-state index is -0.940. The fourth-order valence-corrected chi connectivity index (χ4v) is 3.59. The molecule has 2 amide bonds. The number of hydrogen-bond donors (Lipinski definition) is 2. The maximum Gasteiger partial charge on any atom is 0.408 e. The SMILES string of the molecule is COC(=O)[C@H](CCc1ccccc1)NC(=O)[C@@H](Cc1ccccc1)NC(=O)OCc1ccccc1. The van der Waals surface area contributed by atoms with E-state index in [-0.39, 0.29) is 13.0 Å². The number of benzene rings is 3. The lowest BCUT2D eigenvalue weighted by Crippen LogP contribution is -2.52.